The van der Waals surface area contributed by atoms with E-state index in [1.165, 1.54) is 6.26 Å². The van der Waals surface area contributed by atoms with Crippen LogP contribution in [0.15, 0.2) is 62.3 Å². The van der Waals surface area contributed by atoms with Gasteiger partial charge in [-0.2, -0.15) is 0 Å². The third-order valence-corrected chi connectivity index (χ3v) is 6.97. The minimum Gasteiger partial charge on any atom is -0.744 e. The van der Waals surface area contributed by atoms with Crippen molar-refractivity contribution in [1.29, 1.82) is 0 Å². The third kappa shape index (κ3) is 6.22. The molecular weight excluding hydrogens is 459 g/mol. The van der Waals surface area contributed by atoms with Crippen LogP contribution >= 0.6 is 0 Å². The van der Waals surface area contributed by atoms with Crippen molar-refractivity contribution in [3.05, 3.63) is 48.9 Å². The maximum absolute atomic E-state index is 12.4. The van der Waals surface area contributed by atoms with Crippen LogP contribution in [0.4, 0.5) is 5.69 Å². The second-order valence-corrected chi connectivity index (χ2v) is 10.2. The largest absolute Gasteiger partial charge is 1.00 e. The molecule has 28 heavy (non-hydrogen) atoms. The number of hydrogen-bond donors (Lipinski definition) is 2. The van der Waals surface area contributed by atoms with Gasteiger partial charge in [-0.25, -0.2) is 30.4 Å². The monoisotopic (exact) mass is 474 g/mol. The molecule has 0 fully saturated rings. The average Bonchev–Trinajstić information content (AvgIpc) is 3.03. The zero-order chi connectivity index (χ0) is 20.5. The second-order valence-electron chi connectivity index (χ2n) is 5.30. The van der Waals surface area contributed by atoms with Crippen molar-refractivity contribution in [2.75, 3.05) is 11.1 Å². The van der Waals surface area contributed by atoms with Crippen LogP contribution in [0.5, 0.6) is 0 Å². The van der Waals surface area contributed by atoms with Crippen molar-refractivity contribution in [1.82, 2.24) is 0 Å². The first-order valence-electron chi connectivity index (χ1n) is 7.13. The van der Waals surface area contributed by atoms with Crippen molar-refractivity contribution < 1.29 is 85.6 Å². The Morgan fingerprint density at radius 1 is 1.11 bits per heavy atom. The van der Waals surface area contributed by atoms with E-state index in [0.717, 1.165) is 12.1 Å². The Kier molecular flexibility index (Phi) is 8.65. The summed E-state index contributed by atoms with van der Waals surface area (Å²) in [7, 11) is -14.0. The molecule has 0 amide bonds. The molecule has 0 saturated heterocycles. The van der Waals surface area contributed by atoms with E-state index in [9.17, 15) is 29.8 Å². The van der Waals surface area contributed by atoms with Crippen LogP contribution in [0.25, 0.3) is 0 Å². The van der Waals surface area contributed by atoms with Crippen LogP contribution in [0, 0.1) is 0 Å². The van der Waals surface area contributed by atoms with E-state index in [0.29, 0.717) is 11.8 Å². The van der Waals surface area contributed by atoms with E-state index in [4.69, 9.17) is 9.56 Å². The molecule has 1 heterocycles. The molecule has 0 bridgehead atoms. The average molecular weight is 475 g/mol. The van der Waals surface area contributed by atoms with E-state index < -0.39 is 56.1 Å². The standard InChI is InChI=1S/C14H16N2O8S3.K/c1-2-6-25(17,18)13-7-11(16-9-10-4-3-5-24-10)12(27(21,22)23)8-14(13)26(15,19)20;/h2-5,7-8,16H,1,6,9H2,(H2,15,19,20)(H,21,22,23);/q;+1/p-1. The molecule has 0 aliphatic heterocycles. The maximum Gasteiger partial charge on any atom is 1.00 e. The summed E-state index contributed by atoms with van der Waals surface area (Å²) in [6, 6.07) is 4.28. The molecule has 1 aromatic carbocycles. The van der Waals surface area contributed by atoms with Crippen LogP contribution in [-0.4, -0.2) is 35.6 Å². The van der Waals surface area contributed by atoms with Crippen molar-refractivity contribution in [3.8, 4) is 0 Å². The number of rotatable bonds is 8. The summed E-state index contributed by atoms with van der Waals surface area (Å²) in [6.07, 6.45) is 2.38. The Bertz CT molecular complexity index is 1170. The smallest absolute Gasteiger partial charge is 0.744 e. The van der Waals surface area contributed by atoms with Gasteiger partial charge in [0, 0.05) is 0 Å². The summed E-state index contributed by atoms with van der Waals surface area (Å²) >= 11 is 0. The van der Waals surface area contributed by atoms with E-state index in [-0.39, 0.29) is 57.9 Å². The quantitative estimate of drug-likeness (QED) is 0.236. The first-order valence-corrected chi connectivity index (χ1v) is 11.7. The predicted molar refractivity (Wildman–Crippen MR) is 94.1 cm³/mol. The Morgan fingerprint density at radius 2 is 1.75 bits per heavy atom. The van der Waals surface area contributed by atoms with Gasteiger partial charge in [0.1, 0.15) is 20.8 Å². The summed E-state index contributed by atoms with van der Waals surface area (Å²) in [4.78, 5) is -2.71. The fourth-order valence-electron chi connectivity index (χ4n) is 2.19. The van der Waals surface area contributed by atoms with Gasteiger partial charge in [0.25, 0.3) is 0 Å². The molecule has 1 aromatic heterocycles. The molecular formula is C14H15KN2O8S3. The Hall–Kier alpha value is -0.554. The van der Waals surface area contributed by atoms with Crippen molar-refractivity contribution in [2.24, 2.45) is 5.14 Å². The zero-order valence-corrected chi connectivity index (χ0v) is 20.2. The molecule has 0 aliphatic carbocycles. The number of hydrogen-bond acceptors (Lipinski definition) is 9. The second kappa shape index (κ2) is 9.50. The molecule has 0 aliphatic rings. The summed E-state index contributed by atoms with van der Waals surface area (Å²) < 4.78 is 88.1. The molecule has 0 atom stereocenters. The van der Waals surface area contributed by atoms with Gasteiger partial charge in [-0.1, -0.05) is 6.08 Å². The van der Waals surface area contributed by atoms with Crippen LogP contribution in [0.3, 0.4) is 0 Å². The van der Waals surface area contributed by atoms with Gasteiger partial charge in [0.15, 0.2) is 9.84 Å². The molecule has 2 rings (SSSR count). The molecule has 148 valence electrons. The van der Waals surface area contributed by atoms with Gasteiger partial charge >= 0.3 is 51.4 Å². The summed E-state index contributed by atoms with van der Waals surface area (Å²) in [5, 5.41) is 7.57. The van der Waals surface area contributed by atoms with Crippen LogP contribution < -0.4 is 61.8 Å². The molecule has 3 N–H and O–H groups in total. The molecule has 0 saturated carbocycles. The fourth-order valence-corrected chi connectivity index (χ4v) is 5.43. The third-order valence-electron chi connectivity index (χ3n) is 3.33. The number of primary sulfonamides is 1. The summed E-state index contributed by atoms with van der Waals surface area (Å²) in [6.45, 7) is 3.19. The van der Waals surface area contributed by atoms with E-state index in [1.807, 2.05) is 0 Å². The minimum atomic E-state index is -5.16. The van der Waals surface area contributed by atoms with Gasteiger partial charge in [-0.05, 0) is 24.3 Å². The SMILES string of the molecule is C=CCS(=O)(=O)c1cc(NCc2ccco2)c(S(=O)(=O)[O-])cc1S(N)(=O)=O.[K+]. The Balaban J connectivity index is 0.00000392. The fraction of sp³-hybridized carbons (Fsp3) is 0.143. The summed E-state index contributed by atoms with van der Waals surface area (Å²) in [5.74, 6) is -0.272. The van der Waals surface area contributed by atoms with E-state index in [1.54, 1.807) is 12.1 Å². The first-order chi connectivity index (χ1) is 12.4. The van der Waals surface area contributed by atoms with Crippen LogP contribution in [0.1, 0.15) is 5.76 Å². The minimum absolute atomic E-state index is 0. The molecule has 2 aromatic rings. The van der Waals surface area contributed by atoms with Crippen LogP contribution in [-0.2, 0) is 36.5 Å². The first kappa shape index (κ1) is 25.5. The zero-order valence-electron chi connectivity index (χ0n) is 14.7. The number of sulfone groups is 1. The summed E-state index contributed by atoms with van der Waals surface area (Å²) in [5.41, 5.74) is -0.406. The predicted octanol–water partition coefficient (Wildman–Crippen LogP) is -2.59. The molecule has 0 unspecified atom stereocenters. The van der Waals surface area contributed by atoms with Crippen molar-refractivity contribution >= 4 is 35.7 Å². The van der Waals surface area contributed by atoms with Crippen molar-refractivity contribution in [2.45, 2.75) is 21.2 Å². The van der Waals surface area contributed by atoms with Gasteiger partial charge in [-0.3, -0.25) is 0 Å². The molecule has 0 spiro atoms. The number of furan rings is 1. The van der Waals surface area contributed by atoms with Gasteiger partial charge < -0.3 is 14.3 Å². The number of anilines is 1. The van der Waals surface area contributed by atoms with Gasteiger partial charge in [0.2, 0.25) is 10.0 Å². The normalized spacial score (nSPS) is 12.2. The molecule has 14 heteroatoms. The van der Waals surface area contributed by atoms with Gasteiger partial charge in [-0.15, -0.1) is 6.58 Å². The van der Waals surface area contributed by atoms with E-state index >= 15 is 0 Å². The number of benzene rings is 1. The number of sulfonamides is 1. The van der Waals surface area contributed by atoms with Crippen LogP contribution in [0.2, 0.25) is 0 Å². The number of nitrogens with two attached hydrogens (primary N) is 1. The molecule has 0 radical (unpaired) electrons. The Morgan fingerprint density at radius 3 is 2.21 bits per heavy atom. The van der Waals surface area contributed by atoms with Gasteiger partial charge in [0.05, 0.1) is 34.0 Å². The van der Waals surface area contributed by atoms with E-state index in [2.05, 4.69) is 11.9 Å². The number of nitrogens with one attached hydrogen (secondary N) is 1. The maximum atomic E-state index is 12.4. The Labute approximate surface area is 205 Å². The van der Waals surface area contributed by atoms with Crippen molar-refractivity contribution in [3.63, 3.8) is 0 Å². The molecule has 10 nitrogen and oxygen atoms in total. The topological polar surface area (TPSA) is 177 Å².